The highest BCUT2D eigenvalue weighted by Gasteiger charge is 2.06. The third-order valence-electron chi connectivity index (χ3n) is 2.89. The van der Waals surface area contributed by atoms with Crippen LogP contribution in [0.2, 0.25) is 0 Å². The van der Waals surface area contributed by atoms with Gasteiger partial charge in [0.05, 0.1) is 6.20 Å². The molecule has 0 aliphatic rings. The molecule has 20 heavy (non-hydrogen) atoms. The predicted molar refractivity (Wildman–Crippen MR) is 79.9 cm³/mol. The van der Waals surface area contributed by atoms with Crippen LogP contribution in [0, 0.1) is 5.92 Å². The van der Waals surface area contributed by atoms with Gasteiger partial charge in [0.15, 0.2) is 0 Å². The number of nitrogens with two attached hydrogens (primary N) is 1. The molecule has 1 amide bonds. The molecule has 5 heteroatoms. The van der Waals surface area contributed by atoms with Crippen molar-refractivity contribution in [1.82, 2.24) is 15.1 Å². The summed E-state index contributed by atoms with van der Waals surface area (Å²) in [6.07, 6.45) is 3.61. The molecule has 3 N–H and O–H groups in total. The molecule has 5 nitrogen and oxygen atoms in total. The Hall–Kier alpha value is -2.30. The van der Waals surface area contributed by atoms with Gasteiger partial charge in [0.2, 0.25) is 5.91 Å². The average Bonchev–Trinajstić information content (AvgIpc) is 2.85. The normalized spacial score (nSPS) is 10.8. The minimum atomic E-state index is -0.0225. The van der Waals surface area contributed by atoms with E-state index in [9.17, 15) is 4.79 Å². The first kappa shape index (κ1) is 14.1. The quantitative estimate of drug-likeness (QED) is 0.817. The molecule has 2 rings (SSSR count). The minimum absolute atomic E-state index is 0.0225. The highest BCUT2D eigenvalue weighted by molar-refractivity contribution is 5.75. The number of hydrogen-bond donors (Lipinski definition) is 2. The third-order valence-corrected chi connectivity index (χ3v) is 2.89. The van der Waals surface area contributed by atoms with Crippen molar-refractivity contribution < 1.29 is 4.79 Å². The van der Waals surface area contributed by atoms with Gasteiger partial charge < -0.3 is 11.1 Å². The Balaban J connectivity index is 1.98. The van der Waals surface area contributed by atoms with E-state index in [1.165, 1.54) is 0 Å². The van der Waals surface area contributed by atoms with Gasteiger partial charge in [0.1, 0.15) is 6.54 Å². The molecule has 0 saturated carbocycles. The molecule has 0 spiro atoms. The van der Waals surface area contributed by atoms with Gasteiger partial charge >= 0.3 is 0 Å². The number of carbonyl (C=O) groups is 1. The molecule has 106 valence electrons. The molecule has 2 aromatic rings. The van der Waals surface area contributed by atoms with Crippen LogP contribution in [-0.2, 0) is 11.3 Å². The van der Waals surface area contributed by atoms with E-state index >= 15 is 0 Å². The fourth-order valence-electron chi connectivity index (χ4n) is 1.80. The number of nitrogens with zero attached hydrogens (tertiary/aromatic N) is 2. The molecule has 0 saturated heterocycles. The zero-order valence-corrected chi connectivity index (χ0v) is 11.8. The Labute approximate surface area is 118 Å². The van der Waals surface area contributed by atoms with Crippen LogP contribution in [0.4, 0.5) is 5.69 Å². The van der Waals surface area contributed by atoms with E-state index in [1.807, 2.05) is 30.5 Å². The van der Waals surface area contributed by atoms with Gasteiger partial charge in [-0.3, -0.25) is 9.48 Å². The molecule has 0 aliphatic heterocycles. The molecule has 0 radical (unpaired) electrons. The van der Waals surface area contributed by atoms with Gasteiger partial charge in [-0.2, -0.15) is 5.10 Å². The van der Waals surface area contributed by atoms with Crippen molar-refractivity contribution in [1.29, 1.82) is 0 Å². The summed E-state index contributed by atoms with van der Waals surface area (Å²) in [6, 6.07) is 7.58. The maximum atomic E-state index is 11.7. The summed E-state index contributed by atoms with van der Waals surface area (Å²) in [5.41, 5.74) is 8.40. The standard InChI is InChI=1S/C15H20N4O/c1-11(2)7-17-15(20)10-19-9-13(8-18-19)12-3-5-14(16)6-4-12/h3-6,8-9,11H,7,10,16H2,1-2H3,(H,17,20). The Bertz CT molecular complexity index is 572. The first-order chi connectivity index (χ1) is 9.54. The van der Waals surface area contributed by atoms with Gasteiger partial charge in [0, 0.05) is 24.0 Å². The molecule has 0 fully saturated rings. The number of rotatable bonds is 5. The van der Waals surface area contributed by atoms with Crippen LogP contribution >= 0.6 is 0 Å². The average molecular weight is 272 g/mol. The van der Waals surface area contributed by atoms with Crippen molar-refractivity contribution in [2.75, 3.05) is 12.3 Å². The summed E-state index contributed by atoms with van der Waals surface area (Å²) in [6.45, 7) is 5.05. The van der Waals surface area contributed by atoms with Crippen molar-refractivity contribution in [3.8, 4) is 11.1 Å². The molecule has 1 aromatic carbocycles. The molecular weight excluding hydrogens is 252 g/mol. The lowest BCUT2D eigenvalue weighted by Gasteiger charge is -2.07. The molecular formula is C15H20N4O. The molecule has 1 aromatic heterocycles. The molecule has 0 unspecified atom stereocenters. The first-order valence-corrected chi connectivity index (χ1v) is 6.69. The second-order valence-corrected chi connectivity index (χ2v) is 5.25. The van der Waals surface area contributed by atoms with Crippen LogP contribution in [0.15, 0.2) is 36.7 Å². The monoisotopic (exact) mass is 272 g/mol. The van der Waals surface area contributed by atoms with Crippen molar-refractivity contribution in [3.63, 3.8) is 0 Å². The second-order valence-electron chi connectivity index (χ2n) is 5.25. The van der Waals surface area contributed by atoms with Crippen LogP contribution in [0.3, 0.4) is 0 Å². The summed E-state index contributed by atoms with van der Waals surface area (Å²) < 4.78 is 1.64. The van der Waals surface area contributed by atoms with Gasteiger partial charge in [-0.25, -0.2) is 0 Å². The molecule has 0 aliphatic carbocycles. The third kappa shape index (κ3) is 3.85. The molecule has 0 bridgehead atoms. The highest BCUT2D eigenvalue weighted by Crippen LogP contribution is 2.19. The Kier molecular flexibility index (Phi) is 4.40. The zero-order chi connectivity index (χ0) is 14.5. The molecule has 1 heterocycles. The number of aromatic nitrogens is 2. The second kappa shape index (κ2) is 6.23. The van der Waals surface area contributed by atoms with E-state index in [0.717, 1.165) is 16.8 Å². The van der Waals surface area contributed by atoms with Gasteiger partial charge in [-0.15, -0.1) is 0 Å². The van der Waals surface area contributed by atoms with Crippen LogP contribution in [0.1, 0.15) is 13.8 Å². The van der Waals surface area contributed by atoms with Crippen molar-refractivity contribution in [2.45, 2.75) is 20.4 Å². The zero-order valence-electron chi connectivity index (χ0n) is 11.8. The number of carbonyl (C=O) groups excluding carboxylic acids is 1. The highest BCUT2D eigenvalue weighted by atomic mass is 16.2. The number of benzene rings is 1. The topological polar surface area (TPSA) is 72.9 Å². The fraction of sp³-hybridized carbons (Fsp3) is 0.333. The number of nitrogens with one attached hydrogen (secondary N) is 1. The summed E-state index contributed by atoms with van der Waals surface area (Å²) >= 11 is 0. The number of hydrogen-bond acceptors (Lipinski definition) is 3. The summed E-state index contributed by atoms with van der Waals surface area (Å²) in [5, 5.41) is 7.08. The number of amides is 1. The number of anilines is 1. The predicted octanol–water partition coefficient (Wildman–Crippen LogP) is 1.90. The van der Waals surface area contributed by atoms with E-state index in [2.05, 4.69) is 24.3 Å². The maximum absolute atomic E-state index is 11.7. The first-order valence-electron chi connectivity index (χ1n) is 6.69. The van der Waals surface area contributed by atoms with E-state index in [4.69, 9.17) is 5.73 Å². The van der Waals surface area contributed by atoms with Crippen LogP contribution in [-0.4, -0.2) is 22.2 Å². The van der Waals surface area contributed by atoms with Crippen LogP contribution in [0.25, 0.3) is 11.1 Å². The summed E-state index contributed by atoms with van der Waals surface area (Å²) in [7, 11) is 0. The smallest absolute Gasteiger partial charge is 0.241 e. The van der Waals surface area contributed by atoms with E-state index in [0.29, 0.717) is 12.5 Å². The van der Waals surface area contributed by atoms with Gasteiger partial charge in [-0.05, 0) is 23.6 Å². The summed E-state index contributed by atoms with van der Waals surface area (Å²) in [4.78, 5) is 11.7. The molecule has 0 atom stereocenters. The van der Waals surface area contributed by atoms with Crippen molar-refractivity contribution >= 4 is 11.6 Å². The lowest BCUT2D eigenvalue weighted by molar-refractivity contribution is -0.122. The SMILES string of the molecule is CC(C)CNC(=O)Cn1cc(-c2ccc(N)cc2)cn1. The largest absolute Gasteiger partial charge is 0.399 e. The van der Waals surface area contributed by atoms with E-state index < -0.39 is 0 Å². The maximum Gasteiger partial charge on any atom is 0.241 e. The van der Waals surface area contributed by atoms with E-state index in [1.54, 1.807) is 10.9 Å². The summed E-state index contributed by atoms with van der Waals surface area (Å²) in [5.74, 6) is 0.424. The van der Waals surface area contributed by atoms with Gasteiger partial charge in [0.25, 0.3) is 0 Å². The lowest BCUT2D eigenvalue weighted by Crippen LogP contribution is -2.30. The van der Waals surface area contributed by atoms with Crippen molar-refractivity contribution in [2.24, 2.45) is 5.92 Å². The van der Waals surface area contributed by atoms with E-state index in [-0.39, 0.29) is 12.5 Å². The number of nitrogen functional groups attached to an aromatic ring is 1. The fourth-order valence-corrected chi connectivity index (χ4v) is 1.80. The van der Waals surface area contributed by atoms with Crippen LogP contribution in [0.5, 0.6) is 0 Å². The Morgan fingerprint density at radius 2 is 2.00 bits per heavy atom. The van der Waals surface area contributed by atoms with Gasteiger partial charge in [-0.1, -0.05) is 26.0 Å². The Morgan fingerprint density at radius 3 is 2.65 bits per heavy atom. The minimum Gasteiger partial charge on any atom is -0.399 e. The van der Waals surface area contributed by atoms with Crippen molar-refractivity contribution in [3.05, 3.63) is 36.7 Å². The Morgan fingerprint density at radius 1 is 1.30 bits per heavy atom. The van der Waals surface area contributed by atoms with Crippen LogP contribution < -0.4 is 11.1 Å². The lowest BCUT2D eigenvalue weighted by atomic mass is 10.1.